The molecule has 0 N–H and O–H groups in total. The Bertz CT molecular complexity index is 450. The van der Waals surface area contributed by atoms with Crippen molar-refractivity contribution in [3.8, 4) is 5.75 Å². The number of rotatable bonds is 3. The summed E-state index contributed by atoms with van der Waals surface area (Å²) >= 11 is 0. The van der Waals surface area contributed by atoms with Crippen molar-refractivity contribution in [2.75, 3.05) is 13.7 Å². The van der Waals surface area contributed by atoms with E-state index in [1.807, 2.05) is 0 Å². The monoisotopic (exact) mass is 252 g/mol. The summed E-state index contributed by atoms with van der Waals surface area (Å²) in [5.41, 5.74) is -0.610. The minimum Gasteiger partial charge on any atom is -0.496 e. The smallest absolute Gasteiger partial charge is 0.198 e. The lowest BCUT2D eigenvalue weighted by atomic mass is 9.87. The average Bonchev–Trinajstić information content (AvgIpc) is 2.38. The lowest BCUT2D eigenvalue weighted by Crippen LogP contribution is -2.41. The van der Waals surface area contributed by atoms with Crippen LogP contribution in [-0.4, -0.2) is 25.1 Å². The molecule has 1 unspecified atom stereocenters. The normalized spacial score (nSPS) is 23.7. The van der Waals surface area contributed by atoms with Crippen LogP contribution in [0, 0.1) is 5.82 Å². The zero-order valence-corrected chi connectivity index (χ0v) is 10.7. The van der Waals surface area contributed by atoms with Gasteiger partial charge in [0.25, 0.3) is 0 Å². The van der Waals surface area contributed by atoms with Gasteiger partial charge in [-0.1, -0.05) is 0 Å². The predicted molar refractivity (Wildman–Crippen MR) is 65.5 cm³/mol. The van der Waals surface area contributed by atoms with Crippen LogP contribution in [0.2, 0.25) is 0 Å². The summed E-state index contributed by atoms with van der Waals surface area (Å²) in [5, 5.41) is 0. The molecule has 1 saturated heterocycles. The zero-order chi connectivity index (χ0) is 13.2. The predicted octanol–water partition coefficient (Wildman–Crippen LogP) is 2.98. The first kappa shape index (κ1) is 13.0. The molecule has 1 aromatic rings. The van der Waals surface area contributed by atoms with E-state index >= 15 is 0 Å². The summed E-state index contributed by atoms with van der Waals surface area (Å²) in [5.74, 6) is -0.270. The van der Waals surface area contributed by atoms with Crippen molar-refractivity contribution in [1.82, 2.24) is 0 Å². The fraction of sp³-hybridized carbons (Fsp3) is 0.500. The molecule has 1 fully saturated rings. The Balaban J connectivity index is 2.35. The first-order valence-electron chi connectivity index (χ1n) is 6.09. The first-order chi connectivity index (χ1) is 8.57. The van der Waals surface area contributed by atoms with Gasteiger partial charge in [0.2, 0.25) is 0 Å². The number of hydrogen-bond acceptors (Lipinski definition) is 3. The van der Waals surface area contributed by atoms with Crippen LogP contribution in [0.3, 0.4) is 0 Å². The Morgan fingerprint density at radius 2 is 2.22 bits per heavy atom. The second-order valence-corrected chi connectivity index (χ2v) is 4.71. The number of hydrogen-bond donors (Lipinski definition) is 0. The molecule has 1 aliphatic heterocycles. The number of halogens is 1. The van der Waals surface area contributed by atoms with Gasteiger partial charge >= 0.3 is 0 Å². The third kappa shape index (κ3) is 2.38. The summed E-state index contributed by atoms with van der Waals surface area (Å²) in [7, 11) is 1.47. The van der Waals surface area contributed by atoms with Gasteiger partial charge in [0.05, 0.1) is 12.7 Å². The van der Waals surface area contributed by atoms with E-state index in [0.29, 0.717) is 18.8 Å². The quantitative estimate of drug-likeness (QED) is 0.776. The Morgan fingerprint density at radius 3 is 2.83 bits per heavy atom. The van der Waals surface area contributed by atoms with Crippen molar-refractivity contribution in [2.45, 2.75) is 31.8 Å². The van der Waals surface area contributed by atoms with Gasteiger partial charge in [-0.25, -0.2) is 4.39 Å². The van der Waals surface area contributed by atoms with Crippen LogP contribution in [0.4, 0.5) is 4.39 Å². The van der Waals surface area contributed by atoms with Crippen LogP contribution in [0.25, 0.3) is 0 Å². The van der Waals surface area contributed by atoms with Crippen molar-refractivity contribution in [1.29, 1.82) is 0 Å². The molecule has 0 amide bonds. The van der Waals surface area contributed by atoms with Crippen LogP contribution >= 0.6 is 0 Å². The highest BCUT2D eigenvalue weighted by atomic mass is 19.1. The minimum absolute atomic E-state index is 0.210. The van der Waals surface area contributed by atoms with Gasteiger partial charge in [-0.15, -0.1) is 0 Å². The summed E-state index contributed by atoms with van der Waals surface area (Å²) < 4.78 is 24.0. The van der Waals surface area contributed by atoms with Gasteiger partial charge < -0.3 is 9.47 Å². The van der Waals surface area contributed by atoms with Crippen LogP contribution in [0.1, 0.15) is 36.5 Å². The average molecular weight is 252 g/mol. The number of Topliss-reactive ketones (excluding diaryl/α,β-unsaturated/α-hetero) is 1. The second-order valence-electron chi connectivity index (χ2n) is 4.71. The maximum absolute atomic E-state index is 13.3. The third-order valence-electron chi connectivity index (χ3n) is 3.36. The molecule has 0 saturated carbocycles. The van der Waals surface area contributed by atoms with Crippen molar-refractivity contribution < 1.29 is 18.7 Å². The highest BCUT2D eigenvalue weighted by Gasteiger charge is 2.37. The lowest BCUT2D eigenvalue weighted by molar-refractivity contribution is -0.0427. The lowest BCUT2D eigenvalue weighted by Gasteiger charge is -2.32. The molecule has 0 bridgehead atoms. The van der Waals surface area contributed by atoms with Gasteiger partial charge in [-0.05, 0) is 44.4 Å². The number of carbonyl (C=O) groups is 1. The van der Waals surface area contributed by atoms with Crippen LogP contribution in [0.15, 0.2) is 18.2 Å². The van der Waals surface area contributed by atoms with Crippen LogP contribution in [-0.2, 0) is 4.74 Å². The standard InChI is InChI=1S/C14H17FO3/c1-14(7-3-4-8-18-14)13(16)11-9-10(15)5-6-12(11)17-2/h5-6,9H,3-4,7-8H2,1-2H3. The summed E-state index contributed by atoms with van der Waals surface area (Å²) in [6.07, 6.45) is 2.56. The second kappa shape index (κ2) is 5.06. The topological polar surface area (TPSA) is 35.5 Å². The Hall–Kier alpha value is -1.42. The van der Waals surface area contributed by atoms with E-state index < -0.39 is 11.4 Å². The first-order valence-corrected chi connectivity index (χ1v) is 6.09. The fourth-order valence-electron chi connectivity index (χ4n) is 2.26. The van der Waals surface area contributed by atoms with Gasteiger partial charge in [0, 0.05) is 6.61 Å². The highest BCUT2D eigenvalue weighted by molar-refractivity contribution is 6.04. The largest absolute Gasteiger partial charge is 0.496 e. The van der Waals surface area contributed by atoms with E-state index in [1.165, 1.54) is 25.3 Å². The molecule has 18 heavy (non-hydrogen) atoms. The van der Waals surface area contributed by atoms with Crippen molar-refractivity contribution in [3.63, 3.8) is 0 Å². The number of ether oxygens (including phenoxy) is 2. The number of ketones is 1. The van der Waals surface area contributed by atoms with Crippen LogP contribution in [0.5, 0.6) is 5.75 Å². The zero-order valence-electron chi connectivity index (χ0n) is 10.7. The molecule has 1 aromatic carbocycles. The van der Waals surface area contributed by atoms with E-state index in [2.05, 4.69) is 0 Å². The SMILES string of the molecule is COc1ccc(F)cc1C(=O)C1(C)CCCCO1. The van der Waals surface area contributed by atoms with Crippen molar-refractivity contribution in [2.24, 2.45) is 0 Å². The third-order valence-corrected chi connectivity index (χ3v) is 3.36. The molecule has 0 aromatic heterocycles. The Labute approximate surface area is 106 Å². The molecule has 0 radical (unpaired) electrons. The van der Waals surface area contributed by atoms with Gasteiger partial charge in [-0.3, -0.25) is 4.79 Å². The molecule has 1 aliphatic rings. The Kier molecular flexibility index (Phi) is 3.66. The maximum atomic E-state index is 13.3. The van der Waals surface area contributed by atoms with Gasteiger partial charge in [-0.2, -0.15) is 0 Å². The molecule has 2 rings (SSSR count). The summed E-state index contributed by atoms with van der Waals surface area (Å²) in [6.45, 7) is 2.33. The number of benzene rings is 1. The molecule has 4 heteroatoms. The minimum atomic E-state index is -0.862. The van der Waals surface area contributed by atoms with Gasteiger partial charge in [0.1, 0.15) is 17.2 Å². The summed E-state index contributed by atoms with van der Waals surface area (Å²) in [4.78, 5) is 12.5. The molecule has 1 heterocycles. The van der Waals surface area contributed by atoms with E-state index in [9.17, 15) is 9.18 Å². The van der Waals surface area contributed by atoms with Crippen LogP contribution < -0.4 is 4.74 Å². The van der Waals surface area contributed by atoms with E-state index in [-0.39, 0.29) is 11.3 Å². The van der Waals surface area contributed by atoms with Crippen molar-refractivity contribution >= 4 is 5.78 Å². The molecule has 3 nitrogen and oxygen atoms in total. The fourth-order valence-corrected chi connectivity index (χ4v) is 2.26. The molecule has 0 aliphatic carbocycles. The van der Waals surface area contributed by atoms with E-state index in [1.54, 1.807) is 6.92 Å². The molecule has 1 atom stereocenters. The van der Waals surface area contributed by atoms with Crippen molar-refractivity contribution in [3.05, 3.63) is 29.6 Å². The highest BCUT2D eigenvalue weighted by Crippen LogP contribution is 2.31. The van der Waals surface area contributed by atoms with Gasteiger partial charge in [0.15, 0.2) is 5.78 Å². The Morgan fingerprint density at radius 1 is 1.44 bits per heavy atom. The maximum Gasteiger partial charge on any atom is 0.198 e. The van der Waals surface area contributed by atoms with E-state index in [4.69, 9.17) is 9.47 Å². The number of carbonyl (C=O) groups excluding carboxylic acids is 1. The molecule has 0 spiro atoms. The van der Waals surface area contributed by atoms with E-state index in [0.717, 1.165) is 12.8 Å². The molecule has 98 valence electrons. The molecular weight excluding hydrogens is 235 g/mol. The number of methoxy groups -OCH3 is 1. The molecular formula is C14H17FO3. The summed E-state index contributed by atoms with van der Waals surface area (Å²) in [6, 6.07) is 3.96.